The third kappa shape index (κ3) is 2.41. The van der Waals surface area contributed by atoms with Crippen LogP contribution >= 0.6 is 11.3 Å². The van der Waals surface area contributed by atoms with E-state index in [4.69, 9.17) is 9.47 Å². The van der Waals surface area contributed by atoms with Gasteiger partial charge in [0.15, 0.2) is 16.5 Å². The number of amides is 1. The van der Waals surface area contributed by atoms with E-state index >= 15 is 0 Å². The van der Waals surface area contributed by atoms with E-state index in [0.29, 0.717) is 24.5 Å². The zero-order valence-electron chi connectivity index (χ0n) is 13.5. The Labute approximate surface area is 143 Å². The first-order chi connectivity index (χ1) is 11.7. The van der Waals surface area contributed by atoms with Gasteiger partial charge in [0.2, 0.25) is 0 Å². The van der Waals surface area contributed by atoms with Crippen molar-refractivity contribution in [2.24, 2.45) is 0 Å². The SMILES string of the molecule is COc1cc2c(cc1OC)CN(C(=O)c1cn3ccsc3n1)CC2. The second-order valence-corrected chi connectivity index (χ2v) is 6.54. The van der Waals surface area contributed by atoms with E-state index in [0.717, 1.165) is 22.7 Å². The maximum absolute atomic E-state index is 12.8. The van der Waals surface area contributed by atoms with E-state index in [-0.39, 0.29) is 5.91 Å². The number of ether oxygens (including phenoxy) is 2. The lowest BCUT2D eigenvalue weighted by Gasteiger charge is -2.29. The van der Waals surface area contributed by atoms with Gasteiger partial charge in [0.05, 0.1) is 14.2 Å². The molecule has 0 atom stereocenters. The van der Waals surface area contributed by atoms with Crippen molar-refractivity contribution in [1.82, 2.24) is 14.3 Å². The first kappa shape index (κ1) is 15.0. The van der Waals surface area contributed by atoms with Crippen LogP contribution in [-0.2, 0) is 13.0 Å². The van der Waals surface area contributed by atoms with Crippen molar-refractivity contribution >= 4 is 22.2 Å². The minimum absolute atomic E-state index is 0.0358. The van der Waals surface area contributed by atoms with Gasteiger partial charge in [0.1, 0.15) is 5.69 Å². The summed E-state index contributed by atoms with van der Waals surface area (Å²) in [6, 6.07) is 3.96. The lowest BCUT2D eigenvalue weighted by Crippen LogP contribution is -2.36. The zero-order valence-corrected chi connectivity index (χ0v) is 14.3. The number of aromatic nitrogens is 2. The highest BCUT2D eigenvalue weighted by Gasteiger charge is 2.25. The molecule has 1 aliphatic heterocycles. The van der Waals surface area contributed by atoms with E-state index in [1.54, 1.807) is 20.4 Å². The first-order valence-electron chi connectivity index (χ1n) is 7.65. The summed E-state index contributed by atoms with van der Waals surface area (Å²) in [6.07, 6.45) is 4.49. The Morgan fingerprint density at radius 1 is 1.21 bits per heavy atom. The van der Waals surface area contributed by atoms with Crippen LogP contribution in [0.1, 0.15) is 21.6 Å². The number of rotatable bonds is 3. The van der Waals surface area contributed by atoms with Crippen molar-refractivity contribution in [3.63, 3.8) is 0 Å². The van der Waals surface area contributed by atoms with Crippen LogP contribution in [0.5, 0.6) is 11.5 Å². The molecule has 0 saturated heterocycles. The first-order valence-corrected chi connectivity index (χ1v) is 8.53. The highest BCUT2D eigenvalue weighted by Crippen LogP contribution is 2.33. The van der Waals surface area contributed by atoms with Gasteiger partial charge in [-0.15, -0.1) is 11.3 Å². The molecule has 0 fully saturated rings. The fourth-order valence-corrected chi connectivity index (χ4v) is 3.75. The minimum atomic E-state index is -0.0358. The van der Waals surface area contributed by atoms with Gasteiger partial charge in [-0.2, -0.15) is 0 Å². The average molecular weight is 343 g/mol. The topological polar surface area (TPSA) is 56.1 Å². The molecule has 6 nitrogen and oxygen atoms in total. The Balaban J connectivity index is 1.61. The number of hydrogen-bond donors (Lipinski definition) is 0. The van der Waals surface area contributed by atoms with Crippen LogP contribution in [0.2, 0.25) is 0 Å². The quantitative estimate of drug-likeness (QED) is 0.733. The molecule has 0 radical (unpaired) electrons. The van der Waals surface area contributed by atoms with Gasteiger partial charge in [-0.3, -0.25) is 9.20 Å². The molecule has 0 N–H and O–H groups in total. The summed E-state index contributed by atoms with van der Waals surface area (Å²) >= 11 is 1.52. The molecule has 7 heteroatoms. The van der Waals surface area contributed by atoms with Crippen LogP contribution in [-0.4, -0.2) is 41.0 Å². The largest absolute Gasteiger partial charge is 0.493 e. The number of imidazole rings is 1. The molecule has 0 bridgehead atoms. The number of benzene rings is 1. The number of hydrogen-bond acceptors (Lipinski definition) is 5. The van der Waals surface area contributed by atoms with E-state index in [1.807, 2.05) is 33.0 Å². The number of methoxy groups -OCH3 is 2. The summed E-state index contributed by atoms with van der Waals surface area (Å²) in [5.74, 6) is 1.38. The lowest BCUT2D eigenvalue weighted by molar-refractivity contribution is 0.0729. The molecular formula is C17H17N3O3S. The lowest BCUT2D eigenvalue weighted by atomic mass is 9.98. The van der Waals surface area contributed by atoms with Crippen LogP contribution in [0.4, 0.5) is 0 Å². The average Bonchev–Trinajstić information content (AvgIpc) is 3.21. The van der Waals surface area contributed by atoms with Gasteiger partial charge in [0.25, 0.3) is 5.91 Å². The smallest absolute Gasteiger partial charge is 0.274 e. The Hall–Kier alpha value is -2.54. The molecule has 0 spiro atoms. The van der Waals surface area contributed by atoms with Gasteiger partial charge in [-0.1, -0.05) is 0 Å². The molecule has 3 aromatic rings. The summed E-state index contributed by atoms with van der Waals surface area (Å²) in [5.41, 5.74) is 2.78. The second kappa shape index (κ2) is 5.83. The molecule has 0 aliphatic carbocycles. The number of nitrogens with zero attached hydrogens (tertiary/aromatic N) is 3. The maximum atomic E-state index is 12.8. The van der Waals surface area contributed by atoms with E-state index in [2.05, 4.69) is 4.98 Å². The Bertz CT molecular complexity index is 887. The van der Waals surface area contributed by atoms with Crippen LogP contribution in [0.25, 0.3) is 4.96 Å². The Kier molecular flexibility index (Phi) is 3.65. The maximum Gasteiger partial charge on any atom is 0.274 e. The molecule has 0 saturated carbocycles. The molecule has 4 rings (SSSR count). The van der Waals surface area contributed by atoms with Crippen molar-refractivity contribution in [3.8, 4) is 11.5 Å². The van der Waals surface area contributed by atoms with Gasteiger partial charge in [-0.25, -0.2) is 4.98 Å². The third-order valence-corrected chi connectivity index (χ3v) is 5.09. The predicted molar refractivity (Wildman–Crippen MR) is 91.1 cm³/mol. The zero-order chi connectivity index (χ0) is 16.7. The Morgan fingerprint density at radius 2 is 1.96 bits per heavy atom. The molecule has 24 heavy (non-hydrogen) atoms. The molecule has 1 amide bonds. The number of carbonyl (C=O) groups excluding carboxylic acids is 1. The molecule has 1 aliphatic rings. The highest BCUT2D eigenvalue weighted by atomic mass is 32.1. The molecule has 2 aromatic heterocycles. The fraction of sp³-hybridized carbons (Fsp3) is 0.294. The van der Waals surface area contributed by atoms with Crippen molar-refractivity contribution in [1.29, 1.82) is 0 Å². The number of fused-ring (bicyclic) bond motifs is 2. The van der Waals surface area contributed by atoms with Gasteiger partial charge in [-0.05, 0) is 29.7 Å². The molecule has 1 aromatic carbocycles. The number of carbonyl (C=O) groups is 1. The summed E-state index contributed by atoms with van der Waals surface area (Å²) < 4.78 is 12.6. The van der Waals surface area contributed by atoms with Crippen molar-refractivity contribution in [2.75, 3.05) is 20.8 Å². The molecular weight excluding hydrogens is 326 g/mol. The second-order valence-electron chi connectivity index (χ2n) is 5.67. The number of thiazole rings is 1. The van der Waals surface area contributed by atoms with Crippen LogP contribution in [0.3, 0.4) is 0 Å². The van der Waals surface area contributed by atoms with Crippen LogP contribution < -0.4 is 9.47 Å². The van der Waals surface area contributed by atoms with E-state index in [1.165, 1.54) is 16.9 Å². The van der Waals surface area contributed by atoms with Gasteiger partial charge >= 0.3 is 0 Å². The normalized spacial score (nSPS) is 13.8. The standard InChI is InChI=1S/C17H17N3O3S/c1-22-14-7-11-3-4-19(9-12(11)8-15(14)23-2)16(21)13-10-20-5-6-24-17(20)18-13/h5-8,10H,3-4,9H2,1-2H3. The molecule has 3 heterocycles. The summed E-state index contributed by atoms with van der Waals surface area (Å²) in [4.78, 5) is 19.8. The fourth-order valence-electron chi connectivity index (χ4n) is 3.05. The summed E-state index contributed by atoms with van der Waals surface area (Å²) in [6.45, 7) is 1.23. The van der Waals surface area contributed by atoms with Gasteiger partial charge < -0.3 is 14.4 Å². The highest BCUT2D eigenvalue weighted by molar-refractivity contribution is 7.15. The van der Waals surface area contributed by atoms with Gasteiger partial charge in [0, 0.05) is 30.9 Å². The Morgan fingerprint density at radius 3 is 2.67 bits per heavy atom. The van der Waals surface area contributed by atoms with Crippen LogP contribution in [0.15, 0.2) is 29.9 Å². The monoisotopic (exact) mass is 343 g/mol. The van der Waals surface area contributed by atoms with Crippen molar-refractivity contribution < 1.29 is 14.3 Å². The van der Waals surface area contributed by atoms with E-state index in [9.17, 15) is 4.79 Å². The predicted octanol–water partition coefficient (Wildman–Crippen LogP) is 2.61. The third-order valence-electron chi connectivity index (χ3n) is 4.32. The minimum Gasteiger partial charge on any atom is -0.493 e. The van der Waals surface area contributed by atoms with Crippen molar-refractivity contribution in [3.05, 3.63) is 46.7 Å². The summed E-state index contributed by atoms with van der Waals surface area (Å²) in [5, 5.41) is 1.95. The summed E-state index contributed by atoms with van der Waals surface area (Å²) in [7, 11) is 3.25. The van der Waals surface area contributed by atoms with E-state index < -0.39 is 0 Å². The van der Waals surface area contributed by atoms with Crippen LogP contribution in [0, 0.1) is 0 Å². The van der Waals surface area contributed by atoms with Crippen molar-refractivity contribution in [2.45, 2.75) is 13.0 Å². The molecule has 0 unspecified atom stereocenters. The molecule has 124 valence electrons.